The number of nitrogen functional groups attached to an aromatic ring is 1. The van der Waals surface area contributed by atoms with E-state index in [-0.39, 0.29) is 0 Å². The van der Waals surface area contributed by atoms with Crippen LogP contribution in [0.3, 0.4) is 0 Å². The number of hydrogen-bond donors (Lipinski definition) is 4. The molecular formula is C10H12F2N3O7P. The van der Waals surface area contributed by atoms with E-state index < -0.39 is 62.6 Å². The molecule has 1 fully saturated rings. The summed E-state index contributed by atoms with van der Waals surface area (Å²) < 4.78 is 37.7. The molecule has 0 saturated carbocycles. The molecule has 0 unspecified atom stereocenters. The molecule has 5 N–H and O–H groups in total. The number of anilines is 1. The standard InChI is InChI=1S/C10H12F2N3O7P/c11-4-1-15(9(17)14-6(4)13)7-5(12)3(2-16)8(21-7)22-10(18)23(19)20/h1,3,5,7-8,16,19-20H,2H2,(H2,13,14,17)/t3-,5-,7+,8+/m0/s1. The van der Waals surface area contributed by atoms with Crippen LogP contribution in [-0.2, 0) is 9.47 Å². The summed E-state index contributed by atoms with van der Waals surface area (Å²) >= 11 is 0. The van der Waals surface area contributed by atoms with Crippen LogP contribution in [0.1, 0.15) is 6.23 Å². The van der Waals surface area contributed by atoms with Crippen molar-refractivity contribution in [1.82, 2.24) is 9.55 Å². The Balaban J connectivity index is 2.29. The number of nitrogens with zero attached hydrogens (tertiary/aromatic N) is 2. The van der Waals surface area contributed by atoms with Crippen molar-refractivity contribution < 1.29 is 37.9 Å². The van der Waals surface area contributed by atoms with Gasteiger partial charge >= 0.3 is 11.4 Å². The van der Waals surface area contributed by atoms with Crippen LogP contribution < -0.4 is 11.4 Å². The first-order valence-corrected chi connectivity index (χ1v) is 7.34. The van der Waals surface area contributed by atoms with Gasteiger partial charge in [-0.3, -0.25) is 4.57 Å². The van der Waals surface area contributed by atoms with Gasteiger partial charge in [-0.2, -0.15) is 4.98 Å². The number of aliphatic hydroxyl groups is 1. The Labute approximate surface area is 128 Å². The van der Waals surface area contributed by atoms with Gasteiger partial charge in [0.15, 0.2) is 24.0 Å². The first-order chi connectivity index (χ1) is 10.8. The number of alkyl halides is 1. The predicted molar refractivity (Wildman–Crippen MR) is 70.1 cm³/mol. The number of hydrogen-bond acceptors (Lipinski definition) is 9. The van der Waals surface area contributed by atoms with Crippen molar-refractivity contribution in [3.8, 4) is 0 Å². The zero-order valence-corrected chi connectivity index (χ0v) is 12.1. The topological polar surface area (TPSA) is 157 Å². The molecule has 0 amide bonds. The highest BCUT2D eigenvalue weighted by Gasteiger charge is 2.49. The highest BCUT2D eigenvalue weighted by molar-refractivity contribution is 7.63. The molecule has 1 saturated heterocycles. The summed E-state index contributed by atoms with van der Waals surface area (Å²) in [6, 6.07) is 0. The largest absolute Gasteiger partial charge is 0.429 e. The zero-order chi connectivity index (χ0) is 17.3. The van der Waals surface area contributed by atoms with Crippen molar-refractivity contribution in [2.45, 2.75) is 18.7 Å². The minimum Gasteiger partial charge on any atom is -0.429 e. The minimum atomic E-state index is -3.10. The maximum absolute atomic E-state index is 14.3. The summed E-state index contributed by atoms with van der Waals surface area (Å²) in [6.07, 6.45) is -4.96. The van der Waals surface area contributed by atoms with Crippen LogP contribution in [0.2, 0.25) is 0 Å². The number of aliphatic hydroxyl groups excluding tert-OH is 1. The van der Waals surface area contributed by atoms with Crippen LogP contribution >= 0.6 is 8.38 Å². The number of rotatable bonds is 4. The molecule has 0 aromatic carbocycles. The van der Waals surface area contributed by atoms with E-state index in [0.29, 0.717) is 10.8 Å². The van der Waals surface area contributed by atoms with E-state index in [2.05, 4.69) is 9.72 Å². The molecule has 2 rings (SSSR count). The van der Waals surface area contributed by atoms with Gasteiger partial charge in [0.2, 0.25) is 6.29 Å². The van der Waals surface area contributed by atoms with Gasteiger partial charge in [0, 0.05) is 0 Å². The van der Waals surface area contributed by atoms with E-state index >= 15 is 0 Å². The molecule has 0 spiro atoms. The van der Waals surface area contributed by atoms with Crippen molar-refractivity contribution in [3.63, 3.8) is 0 Å². The molecule has 0 bridgehead atoms. The molecule has 10 nitrogen and oxygen atoms in total. The van der Waals surface area contributed by atoms with E-state index in [4.69, 9.17) is 25.4 Å². The fraction of sp³-hybridized carbons (Fsp3) is 0.500. The lowest BCUT2D eigenvalue weighted by atomic mass is 10.1. The van der Waals surface area contributed by atoms with Crippen LogP contribution in [0.5, 0.6) is 0 Å². The van der Waals surface area contributed by atoms with E-state index in [1.165, 1.54) is 0 Å². The lowest BCUT2D eigenvalue weighted by molar-refractivity contribution is -0.131. The Bertz CT molecular complexity index is 658. The van der Waals surface area contributed by atoms with Crippen molar-refractivity contribution in [3.05, 3.63) is 22.5 Å². The van der Waals surface area contributed by atoms with E-state index in [1.54, 1.807) is 0 Å². The molecule has 1 aromatic rings. The number of aromatic nitrogens is 2. The molecule has 4 atom stereocenters. The SMILES string of the molecule is Nc1nc(=O)n([C@@H]2O[C@H](OC(=O)P(O)O)[C@@H](CO)[C@@H]2F)cc1F. The van der Waals surface area contributed by atoms with E-state index in [9.17, 15) is 18.4 Å². The number of carbonyl (C=O) groups excluding carboxylic acids is 1. The molecule has 0 aliphatic carbocycles. The average molecular weight is 355 g/mol. The van der Waals surface area contributed by atoms with Crippen molar-refractivity contribution in [1.29, 1.82) is 0 Å². The fourth-order valence-electron chi connectivity index (χ4n) is 1.98. The number of carbonyl (C=O) groups is 1. The maximum Gasteiger partial charge on any atom is 0.385 e. The number of nitrogens with two attached hydrogens (primary N) is 1. The van der Waals surface area contributed by atoms with Gasteiger partial charge in [-0.15, -0.1) is 0 Å². The van der Waals surface area contributed by atoms with Gasteiger partial charge in [0.1, 0.15) is 0 Å². The van der Waals surface area contributed by atoms with Gasteiger partial charge < -0.3 is 30.1 Å². The summed E-state index contributed by atoms with van der Waals surface area (Å²) in [5, 5.41) is 9.16. The van der Waals surface area contributed by atoms with Crippen LogP contribution in [0.4, 0.5) is 19.4 Å². The molecule has 1 aliphatic rings. The van der Waals surface area contributed by atoms with Gasteiger partial charge in [-0.25, -0.2) is 18.4 Å². The summed E-state index contributed by atoms with van der Waals surface area (Å²) in [5.41, 5.74) is 2.51. The molecule has 1 aliphatic heterocycles. The minimum absolute atomic E-state index is 0.452. The highest BCUT2D eigenvalue weighted by atomic mass is 31.2. The van der Waals surface area contributed by atoms with Gasteiger partial charge in [-0.1, -0.05) is 0 Å². The van der Waals surface area contributed by atoms with Crippen molar-refractivity contribution in [2.75, 3.05) is 12.3 Å². The third-order valence-electron chi connectivity index (χ3n) is 3.10. The average Bonchev–Trinajstić information content (AvgIpc) is 2.78. The Morgan fingerprint density at radius 3 is 2.78 bits per heavy atom. The van der Waals surface area contributed by atoms with Crippen LogP contribution in [0.15, 0.2) is 11.0 Å². The Morgan fingerprint density at radius 1 is 1.57 bits per heavy atom. The first-order valence-electron chi connectivity index (χ1n) is 6.09. The van der Waals surface area contributed by atoms with Crippen LogP contribution in [-0.4, -0.2) is 49.2 Å². The van der Waals surface area contributed by atoms with E-state index in [1.807, 2.05) is 0 Å². The number of ether oxygens (including phenoxy) is 2. The highest BCUT2D eigenvalue weighted by Crippen LogP contribution is 2.38. The van der Waals surface area contributed by atoms with Crippen LogP contribution in [0.25, 0.3) is 0 Å². The second kappa shape index (κ2) is 6.81. The second-order valence-electron chi connectivity index (χ2n) is 4.52. The van der Waals surface area contributed by atoms with Gasteiger partial charge in [0.05, 0.1) is 18.7 Å². The molecular weight excluding hydrogens is 343 g/mol. The molecule has 1 aromatic heterocycles. The summed E-state index contributed by atoms with van der Waals surface area (Å²) in [5.74, 6) is -3.21. The third kappa shape index (κ3) is 3.46. The molecule has 0 radical (unpaired) electrons. The normalized spacial score (nSPS) is 27.4. The second-order valence-corrected chi connectivity index (χ2v) is 5.47. The van der Waals surface area contributed by atoms with Crippen molar-refractivity contribution in [2.24, 2.45) is 5.92 Å². The van der Waals surface area contributed by atoms with Crippen LogP contribution in [0, 0.1) is 11.7 Å². The summed E-state index contributed by atoms with van der Waals surface area (Å²) in [7, 11) is -3.10. The lowest BCUT2D eigenvalue weighted by Crippen LogP contribution is -2.33. The lowest BCUT2D eigenvalue weighted by Gasteiger charge is -2.17. The smallest absolute Gasteiger partial charge is 0.385 e. The summed E-state index contributed by atoms with van der Waals surface area (Å²) in [4.78, 5) is 43.4. The monoisotopic (exact) mass is 355 g/mol. The fourth-order valence-corrected chi connectivity index (χ4v) is 2.18. The molecule has 2 heterocycles. The van der Waals surface area contributed by atoms with Gasteiger partial charge in [-0.05, 0) is 0 Å². The Kier molecular flexibility index (Phi) is 5.22. The van der Waals surface area contributed by atoms with E-state index in [0.717, 1.165) is 0 Å². The predicted octanol–water partition coefficient (Wildman–Crippen LogP) is -0.801. The zero-order valence-electron chi connectivity index (χ0n) is 11.2. The Morgan fingerprint density at radius 2 is 2.22 bits per heavy atom. The van der Waals surface area contributed by atoms with Gasteiger partial charge in [0.25, 0.3) is 8.38 Å². The summed E-state index contributed by atoms with van der Waals surface area (Å²) in [6.45, 7) is -0.843. The maximum atomic E-state index is 14.3. The third-order valence-corrected chi connectivity index (χ3v) is 3.54. The molecule has 23 heavy (non-hydrogen) atoms. The quantitative estimate of drug-likeness (QED) is 0.507. The first kappa shape index (κ1) is 17.6. The molecule has 128 valence electrons. The Hall–Kier alpha value is -1.72. The molecule has 13 heteroatoms. The number of halogens is 2. The van der Waals surface area contributed by atoms with Crippen molar-refractivity contribution >= 4 is 19.9 Å².